The van der Waals surface area contributed by atoms with Crippen LogP contribution in [0.2, 0.25) is 10.0 Å². The molecule has 2 N–H and O–H groups in total. The van der Waals surface area contributed by atoms with Gasteiger partial charge < -0.3 is 10.6 Å². The molecule has 0 aliphatic rings. The van der Waals surface area contributed by atoms with Crippen LogP contribution in [0.3, 0.4) is 0 Å². The Morgan fingerprint density at radius 3 is 2.26 bits per heavy atom. The molecular weight excluding hydrogens is 335 g/mol. The second-order valence-electron chi connectivity index (χ2n) is 5.04. The van der Waals surface area contributed by atoms with Crippen LogP contribution in [-0.2, 0) is 4.79 Å². The van der Waals surface area contributed by atoms with E-state index < -0.39 is 5.91 Å². The smallest absolute Gasteiger partial charge is 0.251 e. The molecule has 2 amide bonds. The highest BCUT2D eigenvalue weighted by Crippen LogP contribution is 2.18. The number of rotatable bonds is 5. The van der Waals surface area contributed by atoms with Gasteiger partial charge >= 0.3 is 0 Å². The SMILES string of the molecule is C[C@H](NC(=O)CNC(=O)c1cc(Cl)cc(Cl)c1)c1ccccc1. The van der Waals surface area contributed by atoms with E-state index in [2.05, 4.69) is 10.6 Å². The zero-order chi connectivity index (χ0) is 16.8. The molecule has 2 aromatic rings. The Labute approximate surface area is 144 Å². The van der Waals surface area contributed by atoms with Crippen LogP contribution >= 0.6 is 23.2 Å². The Morgan fingerprint density at radius 1 is 1.04 bits per heavy atom. The quantitative estimate of drug-likeness (QED) is 0.865. The topological polar surface area (TPSA) is 58.2 Å². The van der Waals surface area contributed by atoms with Gasteiger partial charge in [0.05, 0.1) is 12.6 Å². The molecule has 0 aromatic heterocycles. The molecule has 6 heteroatoms. The van der Waals surface area contributed by atoms with Crippen molar-refractivity contribution >= 4 is 35.0 Å². The molecule has 1 atom stereocenters. The highest BCUT2D eigenvalue weighted by molar-refractivity contribution is 6.35. The Bertz CT molecular complexity index is 685. The molecule has 0 heterocycles. The highest BCUT2D eigenvalue weighted by Gasteiger charge is 2.12. The van der Waals surface area contributed by atoms with Gasteiger partial charge in [-0.3, -0.25) is 9.59 Å². The normalized spacial score (nSPS) is 11.6. The largest absolute Gasteiger partial charge is 0.348 e. The maximum Gasteiger partial charge on any atom is 0.251 e. The van der Waals surface area contributed by atoms with E-state index >= 15 is 0 Å². The highest BCUT2D eigenvalue weighted by atomic mass is 35.5. The third kappa shape index (κ3) is 5.27. The molecule has 0 spiro atoms. The molecule has 120 valence electrons. The van der Waals surface area contributed by atoms with Gasteiger partial charge in [-0.2, -0.15) is 0 Å². The first-order chi connectivity index (χ1) is 11.0. The molecule has 0 aliphatic carbocycles. The summed E-state index contributed by atoms with van der Waals surface area (Å²) in [6, 6.07) is 14.0. The predicted molar refractivity (Wildman–Crippen MR) is 91.8 cm³/mol. The summed E-state index contributed by atoms with van der Waals surface area (Å²) in [5, 5.41) is 6.09. The molecule has 0 saturated heterocycles. The summed E-state index contributed by atoms with van der Waals surface area (Å²) in [5.41, 5.74) is 1.31. The van der Waals surface area contributed by atoms with Crippen LogP contribution < -0.4 is 10.6 Å². The van der Waals surface area contributed by atoms with Crippen LogP contribution in [0.4, 0.5) is 0 Å². The lowest BCUT2D eigenvalue weighted by Gasteiger charge is -2.14. The lowest BCUT2D eigenvalue weighted by atomic mass is 10.1. The molecule has 0 aliphatic heterocycles. The fourth-order valence-corrected chi connectivity index (χ4v) is 2.59. The zero-order valence-corrected chi connectivity index (χ0v) is 14.0. The van der Waals surface area contributed by atoms with Crippen molar-refractivity contribution in [1.82, 2.24) is 10.6 Å². The van der Waals surface area contributed by atoms with E-state index in [9.17, 15) is 9.59 Å². The molecule has 23 heavy (non-hydrogen) atoms. The summed E-state index contributed by atoms with van der Waals surface area (Å²) < 4.78 is 0. The molecule has 0 saturated carbocycles. The summed E-state index contributed by atoms with van der Waals surface area (Å²) in [4.78, 5) is 23.9. The van der Waals surface area contributed by atoms with Crippen LogP contribution in [0, 0.1) is 0 Å². The van der Waals surface area contributed by atoms with Gasteiger partial charge in [-0.15, -0.1) is 0 Å². The van der Waals surface area contributed by atoms with Gasteiger partial charge in [0.25, 0.3) is 5.91 Å². The van der Waals surface area contributed by atoms with Crippen molar-refractivity contribution in [3.63, 3.8) is 0 Å². The van der Waals surface area contributed by atoms with Crippen LogP contribution in [0.15, 0.2) is 48.5 Å². The summed E-state index contributed by atoms with van der Waals surface area (Å²) in [6.07, 6.45) is 0. The lowest BCUT2D eigenvalue weighted by molar-refractivity contribution is -0.120. The number of hydrogen-bond acceptors (Lipinski definition) is 2. The molecule has 0 fully saturated rings. The van der Waals surface area contributed by atoms with Gasteiger partial charge in [0, 0.05) is 15.6 Å². The first-order valence-corrected chi connectivity index (χ1v) is 7.80. The minimum absolute atomic E-state index is 0.125. The van der Waals surface area contributed by atoms with Crippen LogP contribution in [0.25, 0.3) is 0 Å². The number of hydrogen-bond donors (Lipinski definition) is 2. The number of carbonyl (C=O) groups excluding carboxylic acids is 2. The molecule has 2 aromatic carbocycles. The Morgan fingerprint density at radius 2 is 1.65 bits per heavy atom. The minimum Gasteiger partial charge on any atom is -0.348 e. The second kappa shape index (κ2) is 7.99. The molecule has 0 unspecified atom stereocenters. The summed E-state index contributed by atoms with van der Waals surface area (Å²) >= 11 is 11.7. The van der Waals surface area contributed by atoms with E-state index in [4.69, 9.17) is 23.2 Å². The average molecular weight is 351 g/mol. The van der Waals surface area contributed by atoms with Gasteiger partial charge in [0.1, 0.15) is 0 Å². The van der Waals surface area contributed by atoms with Gasteiger partial charge in [0.2, 0.25) is 5.91 Å². The first kappa shape index (κ1) is 17.3. The van der Waals surface area contributed by atoms with Gasteiger partial charge in [0.15, 0.2) is 0 Å². The summed E-state index contributed by atoms with van der Waals surface area (Å²) in [5.74, 6) is -0.681. The van der Waals surface area contributed by atoms with Gasteiger partial charge in [-0.05, 0) is 30.7 Å². The maximum atomic E-state index is 12.0. The Kier molecular flexibility index (Phi) is 6.02. The van der Waals surface area contributed by atoms with Gasteiger partial charge in [-0.25, -0.2) is 0 Å². The fraction of sp³-hybridized carbons (Fsp3) is 0.176. The van der Waals surface area contributed by atoms with Gasteiger partial charge in [-0.1, -0.05) is 53.5 Å². The second-order valence-corrected chi connectivity index (χ2v) is 5.91. The van der Waals surface area contributed by atoms with Crippen LogP contribution in [0.5, 0.6) is 0 Å². The van der Waals surface area contributed by atoms with Crippen molar-refractivity contribution in [3.05, 3.63) is 69.7 Å². The number of carbonyl (C=O) groups is 2. The molecule has 0 radical (unpaired) electrons. The van der Waals surface area contributed by atoms with E-state index in [1.54, 1.807) is 0 Å². The summed E-state index contributed by atoms with van der Waals surface area (Å²) in [6.45, 7) is 1.76. The minimum atomic E-state index is -0.406. The molecule has 0 bridgehead atoms. The van der Waals surface area contributed by atoms with E-state index in [-0.39, 0.29) is 18.5 Å². The Balaban J connectivity index is 1.87. The third-order valence-electron chi connectivity index (χ3n) is 3.21. The first-order valence-electron chi connectivity index (χ1n) is 7.04. The lowest BCUT2D eigenvalue weighted by Crippen LogP contribution is -2.38. The molecule has 2 rings (SSSR count). The van der Waals surface area contributed by atoms with Crippen molar-refractivity contribution in [3.8, 4) is 0 Å². The van der Waals surface area contributed by atoms with E-state index in [1.165, 1.54) is 18.2 Å². The fourth-order valence-electron chi connectivity index (χ4n) is 2.07. The van der Waals surface area contributed by atoms with E-state index in [0.29, 0.717) is 15.6 Å². The van der Waals surface area contributed by atoms with E-state index in [1.807, 2.05) is 37.3 Å². The average Bonchev–Trinajstić information content (AvgIpc) is 2.52. The van der Waals surface area contributed by atoms with Crippen molar-refractivity contribution in [2.75, 3.05) is 6.54 Å². The number of benzene rings is 2. The maximum absolute atomic E-state index is 12.0. The number of amides is 2. The number of halogens is 2. The van der Waals surface area contributed by atoms with E-state index in [0.717, 1.165) is 5.56 Å². The van der Waals surface area contributed by atoms with Crippen LogP contribution in [0.1, 0.15) is 28.9 Å². The molecular formula is C17H16Cl2N2O2. The standard InChI is InChI=1S/C17H16Cl2N2O2/c1-11(12-5-3-2-4-6-12)21-16(22)10-20-17(23)13-7-14(18)9-15(19)8-13/h2-9,11H,10H2,1H3,(H,20,23)(H,21,22)/t11-/m0/s1. The van der Waals surface area contributed by atoms with Crippen molar-refractivity contribution in [2.45, 2.75) is 13.0 Å². The zero-order valence-electron chi connectivity index (χ0n) is 12.5. The predicted octanol–water partition coefficient (Wildman–Crippen LogP) is 3.60. The number of nitrogens with one attached hydrogen (secondary N) is 2. The van der Waals surface area contributed by atoms with Crippen molar-refractivity contribution in [1.29, 1.82) is 0 Å². The van der Waals surface area contributed by atoms with Crippen molar-refractivity contribution in [2.24, 2.45) is 0 Å². The van der Waals surface area contributed by atoms with Crippen molar-refractivity contribution < 1.29 is 9.59 Å². The molecule has 4 nitrogen and oxygen atoms in total. The summed E-state index contributed by atoms with van der Waals surface area (Å²) in [7, 11) is 0. The monoisotopic (exact) mass is 350 g/mol. The van der Waals surface area contributed by atoms with Crippen LogP contribution in [-0.4, -0.2) is 18.4 Å². The third-order valence-corrected chi connectivity index (χ3v) is 3.65. The Hall–Kier alpha value is -2.04.